The normalized spacial score (nSPS) is 10.3. The van der Waals surface area contributed by atoms with Crippen LogP contribution in [0.4, 0.5) is 0 Å². The Morgan fingerprint density at radius 2 is 1.50 bits per heavy atom. The molecule has 2 aromatic carbocycles. The third-order valence-electron chi connectivity index (χ3n) is 3.20. The van der Waals surface area contributed by atoms with Crippen LogP contribution in [0, 0.1) is 0 Å². The molecule has 0 atom stereocenters. The van der Waals surface area contributed by atoms with Crippen molar-refractivity contribution in [2.24, 2.45) is 0 Å². The van der Waals surface area contributed by atoms with Crippen molar-refractivity contribution in [1.29, 1.82) is 0 Å². The van der Waals surface area contributed by atoms with Crippen LogP contribution in [-0.2, 0) is 17.8 Å². The number of amides is 1. The first-order valence-electron chi connectivity index (χ1n) is 6.83. The van der Waals surface area contributed by atoms with Crippen molar-refractivity contribution >= 4 is 11.9 Å². The zero-order valence-corrected chi connectivity index (χ0v) is 12.4. The van der Waals surface area contributed by atoms with Gasteiger partial charge in [-0.1, -0.05) is 0 Å². The first kappa shape index (κ1) is 16.9. The highest BCUT2D eigenvalue weighted by molar-refractivity contribution is 5.97. The number of aliphatic carboxylic acids is 1. The Bertz CT molecular complexity index is 781. The lowest BCUT2D eigenvalue weighted by molar-refractivity contribution is -0.136. The molecule has 8 nitrogen and oxygen atoms in total. The number of rotatable bonds is 5. The highest BCUT2D eigenvalue weighted by atomic mass is 16.4. The number of carboxylic acids is 1. The van der Waals surface area contributed by atoms with Gasteiger partial charge in [0, 0.05) is 18.2 Å². The largest absolute Gasteiger partial charge is 0.508 e. The van der Waals surface area contributed by atoms with Gasteiger partial charge < -0.3 is 30.8 Å². The zero-order chi connectivity index (χ0) is 17.9. The molecule has 1 amide bonds. The van der Waals surface area contributed by atoms with E-state index in [1.54, 1.807) is 0 Å². The fourth-order valence-corrected chi connectivity index (χ4v) is 2.14. The quantitative estimate of drug-likeness (QED) is 0.448. The molecule has 0 unspecified atom stereocenters. The zero-order valence-electron chi connectivity index (χ0n) is 12.4. The topological polar surface area (TPSA) is 147 Å². The van der Waals surface area contributed by atoms with Crippen LogP contribution in [0.1, 0.15) is 21.5 Å². The van der Waals surface area contributed by atoms with Gasteiger partial charge in [-0.15, -0.1) is 0 Å². The third kappa shape index (κ3) is 4.07. The Labute approximate surface area is 136 Å². The second kappa shape index (κ2) is 6.78. The van der Waals surface area contributed by atoms with Crippen molar-refractivity contribution in [1.82, 2.24) is 5.32 Å². The summed E-state index contributed by atoms with van der Waals surface area (Å²) < 4.78 is 0. The molecular formula is C16H15NO7. The molecule has 2 rings (SSSR count). The van der Waals surface area contributed by atoms with Crippen LogP contribution in [0.5, 0.6) is 23.0 Å². The van der Waals surface area contributed by atoms with E-state index in [0.29, 0.717) is 5.56 Å². The minimum Gasteiger partial charge on any atom is -0.508 e. The molecule has 0 aliphatic carbocycles. The number of hydrogen-bond acceptors (Lipinski definition) is 6. The smallest absolute Gasteiger partial charge is 0.307 e. The number of carbonyl (C=O) groups is 2. The molecule has 0 heterocycles. The van der Waals surface area contributed by atoms with Crippen molar-refractivity contribution in [2.45, 2.75) is 13.0 Å². The molecule has 0 radical (unpaired) electrons. The van der Waals surface area contributed by atoms with E-state index in [1.807, 2.05) is 0 Å². The molecule has 2 aromatic rings. The predicted octanol–water partition coefficient (Wildman–Crippen LogP) is 1.07. The number of carbonyl (C=O) groups excluding carboxylic acids is 1. The highest BCUT2D eigenvalue weighted by Crippen LogP contribution is 2.28. The van der Waals surface area contributed by atoms with E-state index in [2.05, 4.69) is 5.32 Å². The van der Waals surface area contributed by atoms with E-state index in [4.69, 9.17) is 5.11 Å². The van der Waals surface area contributed by atoms with Crippen molar-refractivity contribution in [3.8, 4) is 23.0 Å². The van der Waals surface area contributed by atoms with Gasteiger partial charge in [0.05, 0.1) is 12.0 Å². The maximum atomic E-state index is 12.1. The van der Waals surface area contributed by atoms with Crippen LogP contribution in [0.25, 0.3) is 0 Å². The number of phenols is 4. The summed E-state index contributed by atoms with van der Waals surface area (Å²) in [4.78, 5) is 22.7. The Kier molecular flexibility index (Phi) is 4.78. The van der Waals surface area contributed by atoms with Crippen LogP contribution in [-0.4, -0.2) is 37.4 Å². The Balaban J connectivity index is 2.14. The van der Waals surface area contributed by atoms with Crippen molar-refractivity contribution in [3.63, 3.8) is 0 Å². The summed E-state index contributed by atoms with van der Waals surface area (Å²) in [6, 6.07) is 5.80. The molecule has 0 saturated carbocycles. The van der Waals surface area contributed by atoms with E-state index in [1.165, 1.54) is 12.1 Å². The van der Waals surface area contributed by atoms with Gasteiger partial charge in [0.2, 0.25) is 0 Å². The summed E-state index contributed by atoms with van der Waals surface area (Å²) in [5.74, 6) is -3.13. The van der Waals surface area contributed by atoms with Crippen molar-refractivity contribution in [3.05, 3.63) is 47.0 Å². The van der Waals surface area contributed by atoms with E-state index in [-0.39, 0.29) is 29.2 Å². The van der Waals surface area contributed by atoms with Gasteiger partial charge in [-0.25, -0.2) is 0 Å². The van der Waals surface area contributed by atoms with Gasteiger partial charge in [-0.05, 0) is 29.8 Å². The molecule has 0 aliphatic heterocycles. The molecule has 24 heavy (non-hydrogen) atoms. The second-order valence-corrected chi connectivity index (χ2v) is 5.11. The Morgan fingerprint density at radius 3 is 2.08 bits per heavy atom. The SMILES string of the molecule is O=C(O)Cc1cc(O)c(C(=O)NCc2cc(O)cc(O)c2)cc1O. The number of aromatic hydroxyl groups is 4. The lowest BCUT2D eigenvalue weighted by atomic mass is 10.1. The fourth-order valence-electron chi connectivity index (χ4n) is 2.14. The van der Waals surface area contributed by atoms with Crippen LogP contribution < -0.4 is 5.32 Å². The first-order chi connectivity index (χ1) is 11.3. The van der Waals surface area contributed by atoms with Crippen molar-refractivity contribution in [2.75, 3.05) is 0 Å². The number of nitrogens with one attached hydrogen (secondary N) is 1. The van der Waals surface area contributed by atoms with Gasteiger partial charge in [0.15, 0.2) is 0 Å². The Hall–Kier alpha value is -3.42. The van der Waals surface area contributed by atoms with E-state index >= 15 is 0 Å². The van der Waals surface area contributed by atoms with Crippen LogP contribution >= 0.6 is 0 Å². The molecule has 0 fully saturated rings. The monoisotopic (exact) mass is 333 g/mol. The molecule has 0 spiro atoms. The summed E-state index contributed by atoms with van der Waals surface area (Å²) in [5.41, 5.74) is 0.174. The number of benzene rings is 2. The minimum absolute atomic E-state index is 0.0190. The highest BCUT2D eigenvalue weighted by Gasteiger charge is 2.16. The van der Waals surface area contributed by atoms with E-state index in [9.17, 15) is 30.0 Å². The van der Waals surface area contributed by atoms with Crippen LogP contribution in [0.2, 0.25) is 0 Å². The summed E-state index contributed by atoms with van der Waals surface area (Å²) >= 11 is 0. The maximum absolute atomic E-state index is 12.1. The lowest BCUT2D eigenvalue weighted by Gasteiger charge is -2.10. The predicted molar refractivity (Wildman–Crippen MR) is 82.1 cm³/mol. The molecule has 0 aliphatic rings. The molecule has 6 N–H and O–H groups in total. The summed E-state index contributed by atoms with van der Waals surface area (Å²) in [6.45, 7) is -0.0438. The maximum Gasteiger partial charge on any atom is 0.307 e. The minimum atomic E-state index is -1.19. The molecule has 0 saturated heterocycles. The van der Waals surface area contributed by atoms with E-state index < -0.39 is 29.8 Å². The van der Waals surface area contributed by atoms with E-state index in [0.717, 1.165) is 18.2 Å². The lowest BCUT2D eigenvalue weighted by Crippen LogP contribution is -2.23. The number of carboxylic acid groups (broad SMARTS) is 1. The van der Waals surface area contributed by atoms with Gasteiger partial charge in [0.25, 0.3) is 5.91 Å². The third-order valence-corrected chi connectivity index (χ3v) is 3.20. The van der Waals surface area contributed by atoms with Crippen LogP contribution in [0.15, 0.2) is 30.3 Å². The summed E-state index contributed by atoms with van der Waals surface area (Å²) in [7, 11) is 0. The second-order valence-electron chi connectivity index (χ2n) is 5.11. The standard InChI is InChI=1S/C16H15NO7/c18-10-1-8(2-11(19)5-10)7-17-16(24)12-6-13(20)9(3-14(12)21)4-15(22)23/h1-3,5-6,18-21H,4,7H2,(H,17,24)(H,22,23). The average Bonchev–Trinajstić information content (AvgIpc) is 2.46. The van der Waals surface area contributed by atoms with Gasteiger partial charge in [0.1, 0.15) is 23.0 Å². The molecule has 0 bridgehead atoms. The van der Waals surface area contributed by atoms with Crippen LogP contribution in [0.3, 0.4) is 0 Å². The molecule has 0 aromatic heterocycles. The van der Waals surface area contributed by atoms with Crippen molar-refractivity contribution < 1.29 is 35.1 Å². The Morgan fingerprint density at radius 1 is 0.875 bits per heavy atom. The van der Waals surface area contributed by atoms with Gasteiger partial charge in [-0.3, -0.25) is 9.59 Å². The fraction of sp³-hybridized carbons (Fsp3) is 0.125. The molecule has 8 heteroatoms. The molecule has 126 valence electrons. The first-order valence-corrected chi connectivity index (χ1v) is 6.83. The molecular weight excluding hydrogens is 318 g/mol. The summed E-state index contributed by atoms with van der Waals surface area (Å²) in [6.07, 6.45) is -0.496. The summed E-state index contributed by atoms with van der Waals surface area (Å²) in [5, 5.41) is 49.5. The average molecular weight is 333 g/mol. The number of hydrogen-bond donors (Lipinski definition) is 6. The van der Waals surface area contributed by atoms with Gasteiger partial charge in [-0.2, -0.15) is 0 Å². The van der Waals surface area contributed by atoms with Gasteiger partial charge >= 0.3 is 5.97 Å². The number of phenolic OH excluding ortho intramolecular Hbond substituents is 4.